The monoisotopic (exact) mass is 229 g/mol. The third-order valence-corrected chi connectivity index (χ3v) is 4.48. The Balaban J connectivity index is 1.73. The maximum atomic E-state index is 3.65. The summed E-state index contributed by atoms with van der Waals surface area (Å²) >= 11 is 0. The Morgan fingerprint density at radius 2 is 2.18 bits per heavy atom. The highest BCUT2D eigenvalue weighted by Crippen LogP contribution is 2.33. The fourth-order valence-electron chi connectivity index (χ4n) is 3.37. The van der Waals surface area contributed by atoms with Crippen molar-refractivity contribution in [3.8, 4) is 0 Å². The first-order chi connectivity index (χ1) is 8.33. The van der Waals surface area contributed by atoms with Crippen LogP contribution in [-0.2, 0) is 12.8 Å². The standard InChI is InChI=1S/C16H23N/c1-12-5-7-14-8-6-13(11-16(12)14)10-15-4-2-3-9-17-15/h6,8,11-12,15,17H,2-5,7,9-10H2,1H3. The van der Waals surface area contributed by atoms with Gasteiger partial charge < -0.3 is 5.32 Å². The molecule has 1 N–H and O–H groups in total. The Labute approximate surface area is 105 Å². The van der Waals surface area contributed by atoms with Crippen LogP contribution in [0.5, 0.6) is 0 Å². The van der Waals surface area contributed by atoms with Crippen molar-refractivity contribution < 1.29 is 0 Å². The van der Waals surface area contributed by atoms with Gasteiger partial charge in [0.05, 0.1) is 0 Å². The predicted molar refractivity (Wildman–Crippen MR) is 72.5 cm³/mol. The van der Waals surface area contributed by atoms with Crippen LogP contribution in [0.3, 0.4) is 0 Å². The molecule has 0 amide bonds. The number of rotatable bonds is 2. The summed E-state index contributed by atoms with van der Waals surface area (Å²) in [5.74, 6) is 0.782. The number of hydrogen-bond donors (Lipinski definition) is 1. The minimum absolute atomic E-state index is 0.721. The molecule has 1 fully saturated rings. The molecule has 0 spiro atoms. The molecule has 3 rings (SSSR count). The highest BCUT2D eigenvalue weighted by molar-refractivity contribution is 5.38. The third kappa shape index (κ3) is 2.40. The summed E-state index contributed by atoms with van der Waals surface area (Å²) in [4.78, 5) is 0. The topological polar surface area (TPSA) is 12.0 Å². The normalized spacial score (nSPS) is 28.1. The number of aryl methyl sites for hydroxylation is 1. The first kappa shape index (κ1) is 11.3. The maximum Gasteiger partial charge on any atom is 0.0107 e. The van der Waals surface area contributed by atoms with Crippen molar-refractivity contribution >= 4 is 0 Å². The zero-order valence-corrected chi connectivity index (χ0v) is 10.8. The van der Waals surface area contributed by atoms with Crippen molar-refractivity contribution in [3.63, 3.8) is 0 Å². The van der Waals surface area contributed by atoms with Gasteiger partial charge in [0.25, 0.3) is 0 Å². The highest BCUT2D eigenvalue weighted by atomic mass is 14.9. The Morgan fingerprint density at radius 1 is 1.24 bits per heavy atom. The van der Waals surface area contributed by atoms with Crippen molar-refractivity contribution in [2.45, 2.75) is 57.4 Å². The van der Waals surface area contributed by atoms with Gasteiger partial charge in [-0.2, -0.15) is 0 Å². The van der Waals surface area contributed by atoms with Gasteiger partial charge in [0.1, 0.15) is 0 Å². The first-order valence-electron chi connectivity index (χ1n) is 7.18. The average Bonchev–Trinajstić information content (AvgIpc) is 2.73. The Hall–Kier alpha value is -0.820. The molecule has 17 heavy (non-hydrogen) atoms. The van der Waals surface area contributed by atoms with E-state index in [1.807, 2.05) is 0 Å². The molecule has 0 bridgehead atoms. The summed E-state index contributed by atoms with van der Waals surface area (Å²) in [5, 5.41) is 3.65. The van der Waals surface area contributed by atoms with Crippen molar-refractivity contribution in [1.29, 1.82) is 0 Å². The van der Waals surface area contributed by atoms with Crippen molar-refractivity contribution in [2.75, 3.05) is 6.54 Å². The molecular formula is C16H23N. The summed E-state index contributed by atoms with van der Waals surface area (Å²) in [5.41, 5.74) is 4.76. The number of fused-ring (bicyclic) bond motifs is 1. The van der Waals surface area contributed by atoms with E-state index in [1.54, 1.807) is 11.1 Å². The lowest BCUT2D eigenvalue weighted by Crippen LogP contribution is -2.35. The van der Waals surface area contributed by atoms with Gasteiger partial charge in [-0.15, -0.1) is 0 Å². The molecule has 1 nitrogen and oxygen atoms in total. The van der Waals surface area contributed by atoms with Crippen LogP contribution in [0.4, 0.5) is 0 Å². The molecule has 1 heteroatoms. The molecule has 2 atom stereocenters. The molecular weight excluding hydrogens is 206 g/mol. The summed E-state index contributed by atoms with van der Waals surface area (Å²) in [7, 11) is 0. The van der Waals surface area contributed by atoms with Crippen molar-refractivity contribution in [2.24, 2.45) is 0 Å². The molecule has 2 aliphatic rings. The van der Waals surface area contributed by atoms with Gasteiger partial charge in [-0.05, 0) is 61.3 Å². The van der Waals surface area contributed by atoms with Gasteiger partial charge in [0.2, 0.25) is 0 Å². The Kier molecular flexibility index (Phi) is 3.19. The zero-order valence-electron chi connectivity index (χ0n) is 10.8. The molecule has 1 aliphatic heterocycles. The molecule has 1 aromatic carbocycles. The van der Waals surface area contributed by atoms with Crippen LogP contribution in [0.1, 0.15) is 55.2 Å². The largest absolute Gasteiger partial charge is 0.314 e. The minimum atomic E-state index is 0.721. The molecule has 2 unspecified atom stereocenters. The summed E-state index contributed by atoms with van der Waals surface area (Å²) in [6.45, 7) is 3.58. The van der Waals surface area contributed by atoms with E-state index in [0.29, 0.717) is 0 Å². The van der Waals surface area contributed by atoms with Gasteiger partial charge in [-0.3, -0.25) is 0 Å². The van der Waals surface area contributed by atoms with Crippen LogP contribution >= 0.6 is 0 Å². The van der Waals surface area contributed by atoms with Crippen LogP contribution in [0.15, 0.2) is 18.2 Å². The van der Waals surface area contributed by atoms with Crippen LogP contribution in [0, 0.1) is 0 Å². The fourth-order valence-corrected chi connectivity index (χ4v) is 3.37. The summed E-state index contributed by atoms with van der Waals surface area (Å²) in [6.07, 6.45) is 7.97. The van der Waals surface area contributed by atoms with E-state index in [4.69, 9.17) is 0 Å². The van der Waals surface area contributed by atoms with Gasteiger partial charge in [-0.25, -0.2) is 0 Å². The molecule has 1 saturated heterocycles. The van der Waals surface area contributed by atoms with Gasteiger partial charge in [0, 0.05) is 6.04 Å². The van der Waals surface area contributed by atoms with Gasteiger partial charge in [-0.1, -0.05) is 31.5 Å². The molecule has 0 aromatic heterocycles. The van der Waals surface area contributed by atoms with Crippen LogP contribution in [0.2, 0.25) is 0 Å². The molecule has 92 valence electrons. The molecule has 1 aromatic rings. The van der Waals surface area contributed by atoms with Gasteiger partial charge in [0.15, 0.2) is 0 Å². The second kappa shape index (κ2) is 4.81. The number of hydrogen-bond acceptors (Lipinski definition) is 1. The second-order valence-electron chi connectivity index (χ2n) is 5.82. The Morgan fingerprint density at radius 3 is 3.00 bits per heavy atom. The number of piperidine rings is 1. The van der Waals surface area contributed by atoms with Crippen LogP contribution in [0.25, 0.3) is 0 Å². The quantitative estimate of drug-likeness (QED) is 0.819. The van der Waals surface area contributed by atoms with Crippen LogP contribution < -0.4 is 5.32 Å². The average molecular weight is 229 g/mol. The van der Waals surface area contributed by atoms with E-state index in [1.165, 1.54) is 50.6 Å². The summed E-state index contributed by atoms with van der Waals surface area (Å²) in [6, 6.07) is 7.92. The predicted octanol–water partition coefficient (Wildman–Crippen LogP) is 3.42. The lowest BCUT2D eigenvalue weighted by atomic mass is 9.94. The van der Waals surface area contributed by atoms with Gasteiger partial charge >= 0.3 is 0 Å². The van der Waals surface area contributed by atoms with Crippen LogP contribution in [-0.4, -0.2) is 12.6 Å². The van der Waals surface area contributed by atoms with Crippen molar-refractivity contribution in [1.82, 2.24) is 5.32 Å². The fraction of sp³-hybridized carbons (Fsp3) is 0.625. The van der Waals surface area contributed by atoms with E-state index >= 15 is 0 Å². The zero-order chi connectivity index (χ0) is 11.7. The maximum absolute atomic E-state index is 3.65. The van der Waals surface area contributed by atoms with E-state index in [2.05, 4.69) is 30.4 Å². The second-order valence-corrected chi connectivity index (χ2v) is 5.82. The Bertz CT molecular complexity index is 391. The third-order valence-electron chi connectivity index (χ3n) is 4.48. The van der Waals surface area contributed by atoms with Crippen molar-refractivity contribution in [3.05, 3.63) is 34.9 Å². The molecule has 1 heterocycles. The number of nitrogens with one attached hydrogen (secondary N) is 1. The molecule has 0 radical (unpaired) electrons. The van der Waals surface area contributed by atoms with E-state index in [0.717, 1.165) is 12.0 Å². The number of benzene rings is 1. The lowest BCUT2D eigenvalue weighted by Gasteiger charge is -2.23. The van der Waals surface area contributed by atoms with E-state index in [9.17, 15) is 0 Å². The molecule has 1 aliphatic carbocycles. The summed E-state index contributed by atoms with van der Waals surface area (Å²) < 4.78 is 0. The SMILES string of the molecule is CC1CCc2ccc(CC3CCCCN3)cc21. The van der Waals surface area contributed by atoms with E-state index < -0.39 is 0 Å². The van der Waals surface area contributed by atoms with E-state index in [-0.39, 0.29) is 0 Å². The highest BCUT2D eigenvalue weighted by Gasteiger charge is 2.19. The first-order valence-corrected chi connectivity index (χ1v) is 7.18. The minimum Gasteiger partial charge on any atom is -0.314 e. The molecule has 0 saturated carbocycles. The smallest absolute Gasteiger partial charge is 0.0107 e. The lowest BCUT2D eigenvalue weighted by molar-refractivity contribution is 0.399.